The number of hydrogen-bond donors (Lipinski definition) is 3. The highest BCUT2D eigenvalue weighted by Crippen LogP contribution is 2.36. The van der Waals surface area contributed by atoms with Gasteiger partial charge in [-0.3, -0.25) is 9.59 Å². The van der Waals surface area contributed by atoms with Crippen LogP contribution in [0.15, 0.2) is 47.4 Å². The number of aliphatic imine (C=N–C) groups is 1. The Kier molecular flexibility index (Phi) is 9.72. The van der Waals surface area contributed by atoms with Gasteiger partial charge in [-0.15, -0.1) is 0 Å². The number of piperidine rings is 1. The predicted molar refractivity (Wildman–Crippen MR) is 163 cm³/mol. The number of hydrogen-bond acceptors (Lipinski definition) is 5. The van der Waals surface area contributed by atoms with Crippen molar-refractivity contribution < 1.29 is 9.59 Å². The van der Waals surface area contributed by atoms with Crippen LogP contribution in [0.1, 0.15) is 88.6 Å². The molecule has 40 heavy (non-hydrogen) atoms. The van der Waals surface area contributed by atoms with Crippen molar-refractivity contribution in [3.63, 3.8) is 0 Å². The van der Waals surface area contributed by atoms with Crippen LogP contribution in [-0.2, 0) is 11.2 Å². The van der Waals surface area contributed by atoms with Crippen molar-refractivity contribution in [1.29, 1.82) is 0 Å². The average molecular weight is 549 g/mol. The number of aryl methyl sites for hydroxylation is 1. The second kappa shape index (κ2) is 13.0. The molecule has 1 aliphatic carbocycles. The van der Waals surface area contributed by atoms with Crippen molar-refractivity contribution in [3.8, 4) is 0 Å². The fourth-order valence-electron chi connectivity index (χ4n) is 6.26. The molecule has 8 nitrogen and oxygen atoms in total. The summed E-state index contributed by atoms with van der Waals surface area (Å²) < 4.78 is 0. The molecule has 2 saturated heterocycles. The molecule has 3 aliphatic rings. The first-order chi connectivity index (χ1) is 19.2. The van der Waals surface area contributed by atoms with Crippen LogP contribution in [0.25, 0.3) is 0 Å². The minimum atomic E-state index is -0.489. The van der Waals surface area contributed by atoms with E-state index < -0.39 is 5.41 Å². The fraction of sp³-hybridized carbons (Fsp3) is 0.594. The third-order valence-corrected chi connectivity index (χ3v) is 8.92. The average Bonchev–Trinajstić information content (AvgIpc) is 3.48. The monoisotopic (exact) mass is 548 g/mol. The molecule has 0 spiro atoms. The maximum absolute atomic E-state index is 13.6. The Morgan fingerprint density at radius 3 is 2.60 bits per heavy atom. The van der Waals surface area contributed by atoms with Crippen LogP contribution in [0.3, 0.4) is 0 Å². The molecule has 2 atom stereocenters. The first-order valence-electron chi connectivity index (χ1n) is 15.1. The first-order valence-corrected chi connectivity index (χ1v) is 15.1. The van der Waals surface area contributed by atoms with Crippen LogP contribution in [0.2, 0.25) is 0 Å². The van der Waals surface area contributed by atoms with Gasteiger partial charge in [0, 0.05) is 43.5 Å². The number of carbonyl (C=O) groups excluding carboxylic acids is 2. The van der Waals surface area contributed by atoms with Gasteiger partial charge >= 0.3 is 0 Å². The third-order valence-electron chi connectivity index (χ3n) is 8.92. The number of likely N-dealkylation sites (N-methyl/N-ethyl adjacent to an activating group) is 1. The summed E-state index contributed by atoms with van der Waals surface area (Å²) in [6.45, 7) is 15.0. The SMILES string of the molecule is C=C(/N=C1\C(=C/C)N(C)C(=O)[C@](C)(CC)CN1C1CCCC1)Nc1ccc(C(=O)N[C@H]2CCCNC2)cc1CC. The van der Waals surface area contributed by atoms with E-state index in [9.17, 15) is 9.59 Å². The molecule has 1 aromatic rings. The Morgan fingerprint density at radius 2 is 1.98 bits per heavy atom. The summed E-state index contributed by atoms with van der Waals surface area (Å²) >= 11 is 0. The molecular weight excluding hydrogens is 500 g/mol. The summed E-state index contributed by atoms with van der Waals surface area (Å²) in [6.07, 6.45) is 10.2. The Balaban J connectivity index is 1.60. The van der Waals surface area contributed by atoms with Crippen LogP contribution in [0, 0.1) is 5.41 Å². The normalized spacial score (nSPS) is 26.3. The third kappa shape index (κ3) is 6.43. The van der Waals surface area contributed by atoms with Crippen molar-refractivity contribution in [2.24, 2.45) is 10.4 Å². The summed E-state index contributed by atoms with van der Waals surface area (Å²) in [5.41, 5.74) is 2.91. The van der Waals surface area contributed by atoms with Crippen molar-refractivity contribution in [2.45, 2.75) is 91.1 Å². The zero-order chi connectivity index (χ0) is 28.9. The zero-order valence-corrected chi connectivity index (χ0v) is 25.1. The standard InChI is InChI=1S/C32H48N6O2/c1-7-23-19-24(30(39)36-25-13-12-18-33-20-25)16-17-27(23)34-22(4)35-29-28(8-2)37(6)31(40)32(5,9-3)21-38(29)26-14-10-11-15-26/h8,16-17,19,25-26,33-34H,4,7,9-15,18,20-21H2,1-3,5-6H3,(H,36,39)/b28-8+,35-29+/t25-,32+/m0/s1. The topological polar surface area (TPSA) is 89.1 Å². The van der Waals surface area contributed by atoms with Gasteiger partial charge in [0.05, 0.1) is 11.1 Å². The number of nitrogens with zero attached hydrogens (tertiary/aromatic N) is 3. The van der Waals surface area contributed by atoms with E-state index in [1.54, 1.807) is 4.90 Å². The van der Waals surface area contributed by atoms with Crippen molar-refractivity contribution in [1.82, 2.24) is 20.4 Å². The van der Waals surface area contributed by atoms with Crippen molar-refractivity contribution in [3.05, 3.63) is 53.5 Å². The van der Waals surface area contributed by atoms with Crippen LogP contribution in [-0.4, -0.2) is 66.2 Å². The highest BCUT2D eigenvalue weighted by Gasteiger charge is 2.44. The lowest BCUT2D eigenvalue weighted by molar-refractivity contribution is -0.137. The highest BCUT2D eigenvalue weighted by molar-refractivity contribution is 6.04. The highest BCUT2D eigenvalue weighted by atomic mass is 16.2. The van der Waals surface area contributed by atoms with E-state index in [2.05, 4.69) is 48.2 Å². The van der Waals surface area contributed by atoms with Gasteiger partial charge in [-0.1, -0.05) is 39.3 Å². The van der Waals surface area contributed by atoms with Crippen molar-refractivity contribution in [2.75, 3.05) is 32.0 Å². The van der Waals surface area contributed by atoms with Gasteiger partial charge in [-0.25, -0.2) is 4.99 Å². The molecule has 1 saturated carbocycles. The second-order valence-corrected chi connectivity index (χ2v) is 11.8. The van der Waals surface area contributed by atoms with Crippen LogP contribution < -0.4 is 16.0 Å². The molecule has 4 rings (SSSR count). The van der Waals surface area contributed by atoms with E-state index in [0.29, 0.717) is 24.0 Å². The largest absolute Gasteiger partial charge is 0.351 e. The summed E-state index contributed by atoms with van der Waals surface area (Å²) in [7, 11) is 1.86. The van der Waals surface area contributed by atoms with Crippen molar-refractivity contribution >= 4 is 23.3 Å². The first kappa shape index (κ1) is 29.8. The Morgan fingerprint density at radius 1 is 1.23 bits per heavy atom. The number of allylic oxidation sites excluding steroid dienone is 1. The van der Waals surface area contributed by atoms with E-state index in [4.69, 9.17) is 4.99 Å². The summed E-state index contributed by atoms with van der Waals surface area (Å²) in [5, 5.41) is 9.92. The summed E-state index contributed by atoms with van der Waals surface area (Å²) in [4.78, 5) is 35.7. The Hall–Kier alpha value is -3.13. The molecule has 0 bridgehead atoms. The molecule has 1 aromatic carbocycles. The molecule has 8 heteroatoms. The van der Waals surface area contributed by atoms with Gasteiger partial charge in [0.25, 0.3) is 5.91 Å². The number of benzene rings is 1. The number of anilines is 1. The summed E-state index contributed by atoms with van der Waals surface area (Å²) in [6, 6.07) is 6.29. The second-order valence-electron chi connectivity index (χ2n) is 11.8. The van der Waals surface area contributed by atoms with Gasteiger partial charge in [-0.05, 0) is 82.7 Å². The predicted octanol–water partition coefficient (Wildman–Crippen LogP) is 5.05. The van der Waals surface area contributed by atoms with E-state index in [0.717, 1.165) is 74.4 Å². The minimum Gasteiger partial charge on any atom is -0.351 e. The number of nitrogens with one attached hydrogen (secondary N) is 3. The van der Waals surface area contributed by atoms with Crippen LogP contribution >= 0.6 is 0 Å². The molecule has 0 radical (unpaired) electrons. The molecule has 2 aliphatic heterocycles. The molecule has 2 amide bonds. The Bertz CT molecular complexity index is 1160. The maximum atomic E-state index is 13.6. The fourth-order valence-corrected chi connectivity index (χ4v) is 6.26. The van der Waals surface area contributed by atoms with Gasteiger partial charge in [0.2, 0.25) is 5.91 Å². The smallest absolute Gasteiger partial charge is 0.251 e. The zero-order valence-electron chi connectivity index (χ0n) is 25.1. The van der Waals surface area contributed by atoms with Gasteiger partial charge < -0.3 is 25.8 Å². The quantitative estimate of drug-likeness (QED) is 0.423. The van der Waals surface area contributed by atoms with E-state index in [1.165, 1.54) is 12.8 Å². The molecule has 0 aromatic heterocycles. The minimum absolute atomic E-state index is 0.0379. The lowest BCUT2D eigenvalue weighted by atomic mass is 9.85. The van der Waals surface area contributed by atoms with E-state index >= 15 is 0 Å². The molecular formula is C32H48N6O2. The molecule has 218 valence electrons. The molecule has 0 unspecified atom stereocenters. The van der Waals surface area contributed by atoms with Crippen LogP contribution in [0.4, 0.5) is 5.69 Å². The molecule has 2 heterocycles. The van der Waals surface area contributed by atoms with E-state index in [-0.39, 0.29) is 17.9 Å². The number of amidine groups is 1. The summed E-state index contributed by atoms with van der Waals surface area (Å²) in [5.74, 6) is 1.40. The maximum Gasteiger partial charge on any atom is 0.251 e. The number of carbonyl (C=O) groups is 2. The Labute approximate surface area is 240 Å². The molecule has 3 fully saturated rings. The number of rotatable bonds is 8. The number of amides is 2. The molecule has 3 N–H and O–H groups in total. The van der Waals surface area contributed by atoms with E-state index in [1.807, 2.05) is 38.2 Å². The van der Waals surface area contributed by atoms with Crippen LogP contribution in [0.5, 0.6) is 0 Å². The lowest BCUT2D eigenvalue weighted by Crippen LogP contribution is -2.45. The van der Waals surface area contributed by atoms with Gasteiger partial charge in [0.15, 0.2) is 5.84 Å². The van der Waals surface area contributed by atoms with Gasteiger partial charge in [0.1, 0.15) is 5.82 Å². The van der Waals surface area contributed by atoms with Gasteiger partial charge in [-0.2, -0.15) is 0 Å². The lowest BCUT2D eigenvalue weighted by Gasteiger charge is -2.35.